The van der Waals surface area contributed by atoms with Crippen LogP contribution in [-0.4, -0.2) is 41.4 Å². The number of carbonyl (C=O) groups excluding carboxylic acids is 1. The first-order chi connectivity index (χ1) is 21.0. The summed E-state index contributed by atoms with van der Waals surface area (Å²) >= 11 is 0. The minimum Gasteiger partial charge on any atom is -0.462 e. The lowest BCUT2D eigenvalue weighted by atomic mass is 9.63. The van der Waals surface area contributed by atoms with E-state index in [0.29, 0.717) is 18.9 Å². The van der Waals surface area contributed by atoms with Gasteiger partial charge >= 0.3 is 5.97 Å². The highest BCUT2D eigenvalue weighted by molar-refractivity contribution is 6.99. The number of allylic oxidation sites excluding steroid dienone is 2. The number of ether oxygens (including phenoxy) is 1. The molecule has 0 aliphatic heterocycles. The second kappa shape index (κ2) is 14.0. The molecule has 1 saturated carbocycles. The van der Waals surface area contributed by atoms with E-state index < -0.39 is 16.6 Å². The summed E-state index contributed by atoms with van der Waals surface area (Å²) < 4.78 is 21.1. The predicted octanol–water partition coefficient (Wildman–Crippen LogP) is 8.76. The van der Waals surface area contributed by atoms with Crippen molar-refractivity contribution in [1.82, 2.24) is 0 Å². The molecule has 0 saturated heterocycles. The number of hydrogen-bond donors (Lipinski definition) is 0. The number of esters is 1. The minimum absolute atomic E-state index is 0.0349. The normalized spacial score (nSPS) is 26.6. The maximum Gasteiger partial charge on any atom is 0.308 e. The molecule has 248 valence electrons. The van der Waals surface area contributed by atoms with Crippen molar-refractivity contribution in [3.8, 4) is 0 Å². The van der Waals surface area contributed by atoms with E-state index in [9.17, 15) is 4.79 Å². The molecule has 2 aromatic rings. The van der Waals surface area contributed by atoms with Gasteiger partial charge in [0.15, 0.2) is 8.32 Å². The SMILES string of the molecule is CC[C@H](C)C(=O)OC1C[C@H](O[Si](c2ccccc2)(c2ccccc2)C(C)(C)C)CC2C=C[C@H](C)[C@H](CO[Si](C)(C)C(C)(C)C)C21. The summed E-state index contributed by atoms with van der Waals surface area (Å²) in [5.74, 6) is 0.911. The third-order valence-electron chi connectivity index (χ3n) is 11.3. The molecular weight excluding hydrogens is 589 g/mol. The van der Waals surface area contributed by atoms with E-state index in [0.717, 1.165) is 12.8 Å². The van der Waals surface area contributed by atoms with Gasteiger partial charge in [0, 0.05) is 25.0 Å². The lowest BCUT2D eigenvalue weighted by Gasteiger charge is -2.51. The Labute approximate surface area is 276 Å². The molecule has 7 atom stereocenters. The van der Waals surface area contributed by atoms with Gasteiger partial charge in [-0.1, -0.05) is 135 Å². The Morgan fingerprint density at radius 3 is 1.91 bits per heavy atom. The molecule has 6 heteroatoms. The van der Waals surface area contributed by atoms with Gasteiger partial charge in [0.1, 0.15) is 6.10 Å². The van der Waals surface area contributed by atoms with Gasteiger partial charge < -0.3 is 13.6 Å². The lowest BCUT2D eigenvalue weighted by molar-refractivity contribution is -0.166. The molecule has 2 aliphatic rings. The molecule has 0 N–H and O–H groups in total. The topological polar surface area (TPSA) is 44.8 Å². The van der Waals surface area contributed by atoms with Gasteiger partial charge in [0.25, 0.3) is 8.32 Å². The predicted molar refractivity (Wildman–Crippen MR) is 193 cm³/mol. The Morgan fingerprint density at radius 2 is 1.42 bits per heavy atom. The van der Waals surface area contributed by atoms with E-state index in [1.807, 2.05) is 6.92 Å². The van der Waals surface area contributed by atoms with E-state index >= 15 is 0 Å². The van der Waals surface area contributed by atoms with E-state index in [-0.39, 0.29) is 51.9 Å². The Kier molecular flexibility index (Phi) is 11.2. The quantitative estimate of drug-likeness (QED) is 0.147. The molecule has 4 nitrogen and oxygen atoms in total. The molecular formula is C39H60O4Si2. The molecule has 1 fully saturated rings. The fraction of sp³-hybridized carbons (Fsp3) is 0.615. The first-order valence-corrected chi connectivity index (χ1v) is 22.1. The Bertz CT molecular complexity index is 1240. The van der Waals surface area contributed by atoms with Crippen LogP contribution in [0.1, 0.15) is 81.6 Å². The van der Waals surface area contributed by atoms with Crippen LogP contribution in [0.3, 0.4) is 0 Å². The van der Waals surface area contributed by atoms with Crippen LogP contribution in [0, 0.1) is 29.6 Å². The molecule has 0 heterocycles. The zero-order chi connectivity index (χ0) is 33.2. The number of carbonyl (C=O) groups is 1. The summed E-state index contributed by atoms with van der Waals surface area (Å²) in [7, 11) is -4.71. The summed E-state index contributed by atoms with van der Waals surface area (Å²) in [5, 5.41) is 2.59. The zero-order valence-electron chi connectivity index (χ0n) is 29.9. The van der Waals surface area contributed by atoms with Crippen molar-refractivity contribution in [2.45, 2.75) is 117 Å². The highest BCUT2D eigenvalue weighted by Gasteiger charge is 2.54. The van der Waals surface area contributed by atoms with Crippen LogP contribution in [0.15, 0.2) is 72.8 Å². The maximum absolute atomic E-state index is 13.5. The van der Waals surface area contributed by atoms with Crippen LogP contribution < -0.4 is 10.4 Å². The number of fused-ring (bicyclic) bond motifs is 1. The van der Waals surface area contributed by atoms with Gasteiger partial charge in [0.05, 0.1) is 5.92 Å². The summed E-state index contributed by atoms with van der Waals surface area (Å²) in [6, 6.07) is 21.8. The van der Waals surface area contributed by atoms with Crippen LogP contribution >= 0.6 is 0 Å². The molecule has 0 bridgehead atoms. The fourth-order valence-corrected chi connectivity index (χ4v) is 13.0. The number of hydrogen-bond acceptors (Lipinski definition) is 4. The maximum atomic E-state index is 13.5. The van der Waals surface area contributed by atoms with Crippen molar-refractivity contribution < 1.29 is 18.4 Å². The van der Waals surface area contributed by atoms with E-state index in [1.165, 1.54) is 10.4 Å². The van der Waals surface area contributed by atoms with E-state index in [2.05, 4.69) is 141 Å². The van der Waals surface area contributed by atoms with Crippen molar-refractivity contribution in [1.29, 1.82) is 0 Å². The van der Waals surface area contributed by atoms with Gasteiger partial charge in [-0.3, -0.25) is 4.79 Å². The van der Waals surface area contributed by atoms with Crippen LogP contribution in [-0.2, 0) is 18.4 Å². The third kappa shape index (κ3) is 7.61. The summed E-state index contributed by atoms with van der Waals surface area (Å²) in [6.07, 6.45) is 6.96. The molecule has 2 aromatic carbocycles. The van der Waals surface area contributed by atoms with Gasteiger partial charge in [0.2, 0.25) is 0 Å². The van der Waals surface area contributed by atoms with Crippen molar-refractivity contribution in [3.05, 3.63) is 72.8 Å². The molecule has 3 unspecified atom stereocenters. The first-order valence-electron chi connectivity index (χ1n) is 17.3. The van der Waals surface area contributed by atoms with Gasteiger partial charge in [-0.2, -0.15) is 0 Å². The van der Waals surface area contributed by atoms with Gasteiger partial charge in [-0.25, -0.2) is 0 Å². The van der Waals surface area contributed by atoms with Gasteiger partial charge in [-0.15, -0.1) is 0 Å². The molecule has 0 amide bonds. The van der Waals surface area contributed by atoms with Crippen molar-refractivity contribution in [2.75, 3.05) is 6.61 Å². The average Bonchev–Trinajstić information content (AvgIpc) is 2.98. The molecule has 0 radical (unpaired) electrons. The monoisotopic (exact) mass is 648 g/mol. The number of benzene rings is 2. The molecule has 45 heavy (non-hydrogen) atoms. The third-order valence-corrected chi connectivity index (χ3v) is 20.9. The van der Waals surface area contributed by atoms with Crippen molar-refractivity contribution in [3.63, 3.8) is 0 Å². The molecule has 4 rings (SSSR count). The highest BCUT2D eigenvalue weighted by atomic mass is 28.4. The second-order valence-corrected chi connectivity index (χ2v) is 25.4. The van der Waals surface area contributed by atoms with Gasteiger partial charge in [-0.05, 0) is 64.1 Å². The molecule has 2 aliphatic carbocycles. The highest BCUT2D eigenvalue weighted by Crippen LogP contribution is 2.48. The Morgan fingerprint density at radius 1 is 0.867 bits per heavy atom. The molecule has 0 spiro atoms. The summed E-state index contributed by atoms with van der Waals surface area (Å²) in [6.45, 7) is 25.7. The summed E-state index contributed by atoms with van der Waals surface area (Å²) in [4.78, 5) is 13.5. The van der Waals surface area contributed by atoms with Crippen LogP contribution in [0.25, 0.3) is 0 Å². The van der Waals surface area contributed by atoms with Crippen LogP contribution in [0.5, 0.6) is 0 Å². The lowest BCUT2D eigenvalue weighted by Crippen LogP contribution is -2.68. The van der Waals surface area contributed by atoms with Crippen LogP contribution in [0.2, 0.25) is 23.2 Å². The van der Waals surface area contributed by atoms with E-state index in [1.54, 1.807) is 0 Å². The van der Waals surface area contributed by atoms with Crippen molar-refractivity contribution in [2.24, 2.45) is 29.6 Å². The first kappa shape index (κ1) is 35.9. The average molecular weight is 649 g/mol. The summed E-state index contributed by atoms with van der Waals surface area (Å²) in [5.41, 5.74) is 0. The smallest absolute Gasteiger partial charge is 0.308 e. The van der Waals surface area contributed by atoms with Crippen molar-refractivity contribution >= 4 is 33.0 Å². The standard InChI is InChI=1S/C39H60O4Si2/c1-12-28(2)37(40)42-35-26-31(25-30-24-23-29(3)34(36(30)35)27-41-44(10,11)38(4,5)6)43-45(39(7,8)9,32-19-15-13-16-20-32)33-21-17-14-18-22-33/h13-24,28-31,34-36H,12,25-27H2,1-11H3/t28-,29-,30?,31+,34-,35?,36?/m0/s1. The Balaban J connectivity index is 1.74. The molecule has 0 aromatic heterocycles. The zero-order valence-corrected chi connectivity index (χ0v) is 31.9. The Hall–Kier alpha value is -2.00. The largest absolute Gasteiger partial charge is 0.462 e. The second-order valence-electron chi connectivity index (χ2n) is 16.4. The number of rotatable bonds is 10. The van der Waals surface area contributed by atoms with E-state index in [4.69, 9.17) is 13.6 Å². The fourth-order valence-electron chi connectivity index (χ4n) is 7.24. The minimum atomic E-state index is -2.77. The van der Waals surface area contributed by atoms with Crippen LogP contribution in [0.4, 0.5) is 0 Å².